The van der Waals surface area contributed by atoms with Crippen molar-refractivity contribution in [3.05, 3.63) is 0 Å². The Kier molecular flexibility index (Phi) is 4.21. The molecule has 2 heteroatoms. The van der Waals surface area contributed by atoms with Crippen LogP contribution in [-0.2, 0) is 0 Å². The molecule has 0 atom stereocenters. The SMILES string of the molecule is CC.CC1(C)CNCC(C)(C)N1. The summed E-state index contributed by atoms with van der Waals surface area (Å²) in [6.45, 7) is 15.0. The van der Waals surface area contributed by atoms with E-state index in [1.54, 1.807) is 0 Å². The topological polar surface area (TPSA) is 24.1 Å². The highest BCUT2D eigenvalue weighted by Crippen LogP contribution is 2.13. The zero-order valence-corrected chi connectivity index (χ0v) is 9.41. The summed E-state index contributed by atoms with van der Waals surface area (Å²) in [5.74, 6) is 0. The van der Waals surface area contributed by atoms with Gasteiger partial charge in [0.05, 0.1) is 0 Å². The Bertz CT molecular complexity index is 114. The van der Waals surface area contributed by atoms with Crippen molar-refractivity contribution in [1.29, 1.82) is 0 Å². The highest BCUT2D eigenvalue weighted by Gasteiger charge is 2.31. The van der Waals surface area contributed by atoms with E-state index < -0.39 is 0 Å². The van der Waals surface area contributed by atoms with Gasteiger partial charge >= 0.3 is 0 Å². The van der Waals surface area contributed by atoms with Crippen molar-refractivity contribution in [1.82, 2.24) is 10.6 Å². The van der Waals surface area contributed by atoms with Gasteiger partial charge in [-0.05, 0) is 27.7 Å². The molecule has 0 radical (unpaired) electrons. The number of piperazine rings is 1. The molecule has 74 valence electrons. The average molecular weight is 172 g/mol. The van der Waals surface area contributed by atoms with Gasteiger partial charge in [0.2, 0.25) is 0 Å². The van der Waals surface area contributed by atoms with E-state index in [4.69, 9.17) is 0 Å². The van der Waals surface area contributed by atoms with Gasteiger partial charge in [0, 0.05) is 24.2 Å². The fourth-order valence-electron chi connectivity index (χ4n) is 1.69. The number of hydrogen-bond acceptors (Lipinski definition) is 2. The lowest BCUT2D eigenvalue weighted by Gasteiger charge is -2.42. The molecule has 0 aromatic heterocycles. The monoisotopic (exact) mass is 172 g/mol. The predicted molar refractivity (Wildman–Crippen MR) is 55.5 cm³/mol. The molecule has 0 spiro atoms. The molecule has 2 nitrogen and oxygen atoms in total. The lowest BCUT2D eigenvalue weighted by atomic mass is 9.93. The third-order valence-corrected chi connectivity index (χ3v) is 1.81. The molecular formula is C10H24N2. The highest BCUT2D eigenvalue weighted by molar-refractivity contribution is 4.95. The van der Waals surface area contributed by atoms with Gasteiger partial charge < -0.3 is 10.6 Å². The van der Waals surface area contributed by atoms with Crippen LogP contribution in [0.2, 0.25) is 0 Å². The first-order valence-electron chi connectivity index (χ1n) is 4.91. The van der Waals surface area contributed by atoms with Crippen LogP contribution < -0.4 is 10.6 Å². The molecule has 1 heterocycles. The van der Waals surface area contributed by atoms with E-state index in [1.807, 2.05) is 13.8 Å². The fourth-order valence-corrected chi connectivity index (χ4v) is 1.69. The van der Waals surface area contributed by atoms with Crippen LogP contribution in [-0.4, -0.2) is 24.2 Å². The van der Waals surface area contributed by atoms with Crippen LogP contribution in [0.5, 0.6) is 0 Å². The van der Waals surface area contributed by atoms with Crippen molar-refractivity contribution in [2.75, 3.05) is 13.1 Å². The largest absolute Gasteiger partial charge is 0.313 e. The second kappa shape index (κ2) is 4.24. The molecule has 1 rings (SSSR count). The molecule has 0 unspecified atom stereocenters. The minimum absolute atomic E-state index is 0.252. The Labute approximate surface area is 77.1 Å². The van der Waals surface area contributed by atoms with Gasteiger partial charge in [-0.25, -0.2) is 0 Å². The fraction of sp³-hybridized carbons (Fsp3) is 1.00. The summed E-state index contributed by atoms with van der Waals surface area (Å²) >= 11 is 0. The van der Waals surface area contributed by atoms with E-state index in [2.05, 4.69) is 38.3 Å². The molecule has 1 fully saturated rings. The van der Waals surface area contributed by atoms with E-state index >= 15 is 0 Å². The van der Waals surface area contributed by atoms with Crippen molar-refractivity contribution in [3.63, 3.8) is 0 Å². The van der Waals surface area contributed by atoms with Gasteiger partial charge in [-0.1, -0.05) is 13.8 Å². The summed E-state index contributed by atoms with van der Waals surface area (Å²) in [6, 6.07) is 0. The van der Waals surface area contributed by atoms with E-state index in [1.165, 1.54) is 0 Å². The van der Waals surface area contributed by atoms with Crippen LogP contribution in [0.4, 0.5) is 0 Å². The van der Waals surface area contributed by atoms with Crippen LogP contribution in [0.15, 0.2) is 0 Å². The van der Waals surface area contributed by atoms with Crippen LogP contribution in [0.1, 0.15) is 41.5 Å². The molecule has 1 aliphatic heterocycles. The maximum Gasteiger partial charge on any atom is 0.0255 e. The van der Waals surface area contributed by atoms with Gasteiger partial charge in [-0.15, -0.1) is 0 Å². The molecule has 1 aliphatic rings. The molecule has 0 aromatic rings. The Morgan fingerprint density at radius 3 is 1.33 bits per heavy atom. The van der Waals surface area contributed by atoms with Crippen molar-refractivity contribution in [2.45, 2.75) is 52.6 Å². The molecule has 0 aromatic carbocycles. The van der Waals surface area contributed by atoms with Crippen molar-refractivity contribution in [3.8, 4) is 0 Å². The van der Waals surface area contributed by atoms with Gasteiger partial charge in [-0.3, -0.25) is 0 Å². The Balaban J connectivity index is 0.000000561. The summed E-state index contributed by atoms with van der Waals surface area (Å²) < 4.78 is 0. The molecule has 2 N–H and O–H groups in total. The molecule has 1 saturated heterocycles. The molecular weight excluding hydrogens is 148 g/mol. The van der Waals surface area contributed by atoms with Crippen LogP contribution in [0.3, 0.4) is 0 Å². The minimum atomic E-state index is 0.252. The summed E-state index contributed by atoms with van der Waals surface area (Å²) in [7, 11) is 0. The van der Waals surface area contributed by atoms with Crippen molar-refractivity contribution < 1.29 is 0 Å². The van der Waals surface area contributed by atoms with Gasteiger partial charge in [0.25, 0.3) is 0 Å². The average Bonchev–Trinajstić information content (AvgIpc) is 1.86. The van der Waals surface area contributed by atoms with Crippen LogP contribution in [0, 0.1) is 0 Å². The number of hydrogen-bond donors (Lipinski definition) is 2. The van der Waals surface area contributed by atoms with Crippen LogP contribution in [0.25, 0.3) is 0 Å². The third-order valence-electron chi connectivity index (χ3n) is 1.81. The van der Waals surface area contributed by atoms with Crippen molar-refractivity contribution in [2.24, 2.45) is 0 Å². The smallest absolute Gasteiger partial charge is 0.0255 e. The third kappa shape index (κ3) is 4.07. The second-order valence-electron chi connectivity index (χ2n) is 4.50. The predicted octanol–water partition coefficient (Wildman–Crippen LogP) is 1.76. The summed E-state index contributed by atoms with van der Waals surface area (Å²) in [5, 5.41) is 6.97. The minimum Gasteiger partial charge on any atom is -0.313 e. The molecule has 0 aliphatic carbocycles. The van der Waals surface area contributed by atoms with E-state index in [0.29, 0.717) is 0 Å². The molecule has 0 bridgehead atoms. The normalized spacial score (nSPS) is 25.5. The molecule has 0 amide bonds. The molecule has 0 saturated carbocycles. The first-order chi connectivity index (χ1) is 5.41. The van der Waals surface area contributed by atoms with E-state index in [0.717, 1.165) is 13.1 Å². The van der Waals surface area contributed by atoms with Crippen LogP contribution >= 0.6 is 0 Å². The molecule has 12 heavy (non-hydrogen) atoms. The van der Waals surface area contributed by atoms with E-state index in [9.17, 15) is 0 Å². The highest BCUT2D eigenvalue weighted by atomic mass is 15.1. The Hall–Kier alpha value is -0.0800. The lowest BCUT2D eigenvalue weighted by molar-refractivity contribution is 0.201. The Morgan fingerprint density at radius 2 is 1.17 bits per heavy atom. The quantitative estimate of drug-likeness (QED) is 0.582. The lowest BCUT2D eigenvalue weighted by Crippen LogP contribution is -2.65. The summed E-state index contributed by atoms with van der Waals surface area (Å²) in [4.78, 5) is 0. The van der Waals surface area contributed by atoms with Gasteiger partial charge in [0.1, 0.15) is 0 Å². The second-order valence-corrected chi connectivity index (χ2v) is 4.50. The van der Waals surface area contributed by atoms with Gasteiger partial charge in [-0.2, -0.15) is 0 Å². The zero-order valence-electron chi connectivity index (χ0n) is 9.41. The summed E-state index contributed by atoms with van der Waals surface area (Å²) in [5.41, 5.74) is 0.503. The number of rotatable bonds is 0. The number of nitrogens with one attached hydrogen (secondary N) is 2. The zero-order chi connectivity index (χ0) is 9.83. The maximum atomic E-state index is 3.57. The van der Waals surface area contributed by atoms with E-state index in [-0.39, 0.29) is 11.1 Å². The van der Waals surface area contributed by atoms with Gasteiger partial charge in [0.15, 0.2) is 0 Å². The van der Waals surface area contributed by atoms with Crippen molar-refractivity contribution >= 4 is 0 Å². The summed E-state index contributed by atoms with van der Waals surface area (Å²) in [6.07, 6.45) is 0. The first kappa shape index (κ1) is 11.9. The maximum absolute atomic E-state index is 3.57. The Morgan fingerprint density at radius 1 is 0.833 bits per heavy atom. The standard InChI is InChI=1S/C8H18N2.C2H6/c1-7(2)5-9-6-8(3,4)10-7;1-2/h9-10H,5-6H2,1-4H3;1-2H3. The first-order valence-corrected chi connectivity index (χ1v) is 4.91.